The first-order valence-corrected chi connectivity index (χ1v) is 7.88. The van der Waals surface area contributed by atoms with Gasteiger partial charge in [0.05, 0.1) is 0 Å². The van der Waals surface area contributed by atoms with E-state index in [1.165, 1.54) is 0 Å². The Labute approximate surface area is 142 Å². The number of hydrogen-bond acceptors (Lipinski definition) is 4. The molecule has 2 rings (SSSR count). The molecule has 0 spiro atoms. The molecule has 1 aliphatic heterocycles. The quantitative estimate of drug-likeness (QED) is 0.764. The van der Waals surface area contributed by atoms with E-state index in [2.05, 4.69) is 10.6 Å². The molecule has 1 aliphatic rings. The molecule has 0 saturated carbocycles. The molecular formula is C17H24N4O3. The Kier molecular flexibility index (Phi) is 5.11. The molecule has 7 nitrogen and oxygen atoms in total. The number of carbonyl (C=O) groups is 3. The van der Waals surface area contributed by atoms with E-state index in [0.717, 1.165) is 16.2 Å². The molecule has 1 saturated heterocycles. The lowest BCUT2D eigenvalue weighted by atomic mass is 10.1. The van der Waals surface area contributed by atoms with E-state index >= 15 is 0 Å². The molecule has 0 aromatic heterocycles. The van der Waals surface area contributed by atoms with E-state index in [1.807, 2.05) is 43.3 Å². The van der Waals surface area contributed by atoms with Gasteiger partial charge in [0, 0.05) is 39.3 Å². The van der Waals surface area contributed by atoms with Crippen LogP contribution in [0.5, 0.6) is 0 Å². The van der Waals surface area contributed by atoms with Crippen molar-refractivity contribution in [3.05, 3.63) is 29.8 Å². The highest BCUT2D eigenvalue weighted by Crippen LogP contribution is 2.16. The molecular weight excluding hydrogens is 308 g/mol. The average molecular weight is 332 g/mol. The molecule has 0 aliphatic carbocycles. The SMILES string of the molecule is CN(C)c1ccc(CNC(=O)CCN2C(=O)NC(C)(C)C2=O)cc1. The minimum atomic E-state index is -0.901. The molecule has 24 heavy (non-hydrogen) atoms. The molecule has 0 unspecified atom stereocenters. The summed E-state index contributed by atoms with van der Waals surface area (Å²) >= 11 is 0. The van der Waals surface area contributed by atoms with Crippen LogP contribution in [0.2, 0.25) is 0 Å². The molecule has 0 bridgehead atoms. The molecule has 1 aromatic rings. The smallest absolute Gasteiger partial charge is 0.325 e. The standard InChI is InChI=1S/C17H24N4O3/c1-17(2)15(23)21(16(24)19-17)10-9-14(22)18-11-12-5-7-13(8-6-12)20(3)4/h5-8H,9-11H2,1-4H3,(H,18,22)(H,19,24). The maximum atomic E-state index is 12.0. The summed E-state index contributed by atoms with van der Waals surface area (Å²) in [5, 5.41) is 5.39. The summed E-state index contributed by atoms with van der Waals surface area (Å²) in [6, 6.07) is 7.43. The zero-order valence-corrected chi connectivity index (χ0v) is 14.5. The van der Waals surface area contributed by atoms with Crippen LogP contribution in [-0.2, 0) is 16.1 Å². The molecule has 4 amide bonds. The number of nitrogens with one attached hydrogen (secondary N) is 2. The molecule has 1 aromatic carbocycles. The summed E-state index contributed by atoms with van der Waals surface area (Å²) in [7, 11) is 3.93. The Balaban J connectivity index is 1.80. The molecule has 0 radical (unpaired) electrons. The van der Waals surface area contributed by atoms with Crippen LogP contribution in [0.25, 0.3) is 0 Å². The highest BCUT2D eigenvalue weighted by atomic mass is 16.2. The van der Waals surface area contributed by atoms with Gasteiger partial charge in [-0.3, -0.25) is 14.5 Å². The van der Waals surface area contributed by atoms with Crippen LogP contribution >= 0.6 is 0 Å². The van der Waals surface area contributed by atoms with Gasteiger partial charge in [-0.2, -0.15) is 0 Å². The Morgan fingerprint density at radius 3 is 2.33 bits per heavy atom. The lowest BCUT2D eigenvalue weighted by Crippen LogP contribution is -2.40. The third-order valence-corrected chi connectivity index (χ3v) is 3.95. The topological polar surface area (TPSA) is 81.8 Å². The Morgan fingerprint density at radius 2 is 1.83 bits per heavy atom. The molecule has 0 atom stereocenters. The van der Waals surface area contributed by atoms with Gasteiger partial charge in [-0.05, 0) is 31.5 Å². The largest absolute Gasteiger partial charge is 0.378 e. The van der Waals surface area contributed by atoms with Crippen molar-refractivity contribution in [2.45, 2.75) is 32.4 Å². The summed E-state index contributed by atoms with van der Waals surface area (Å²) in [6.07, 6.45) is 0.0883. The number of nitrogens with zero attached hydrogens (tertiary/aromatic N) is 2. The van der Waals surface area contributed by atoms with Crippen molar-refractivity contribution in [2.75, 3.05) is 25.5 Å². The zero-order chi connectivity index (χ0) is 17.9. The van der Waals surface area contributed by atoms with Gasteiger partial charge in [0.15, 0.2) is 0 Å². The van der Waals surface area contributed by atoms with Crippen LogP contribution in [0, 0.1) is 0 Å². The summed E-state index contributed by atoms with van der Waals surface area (Å²) in [5.41, 5.74) is 1.18. The molecule has 7 heteroatoms. The Hall–Kier alpha value is -2.57. The second-order valence-corrected chi connectivity index (χ2v) is 6.60. The number of anilines is 1. The van der Waals surface area contributed by atoms with E-state index in [-0.39, 0.29) is 24.8 Å². The van der Waals surface area contributed by atoms with Crippen molar-refractivity contribution in [1.29, 1.82) is 0 Å². The van der Waals surface area contributed by atoms with Gasteiger partial charge >= 0.3 is 6.03 Å². The van der Waals surface area contributed by atoms with Crippen molar-refractivity contribution < 1.29 is 14.4 Å². The van der Waals surface area contributed by atoms with Gasteiger partial charge in [-0.25, -0.2) is 4.79 Å². The molecule has 1 heterocycles. The molecule has 2 N–H and O–H groups in total. The first kappa shape index (κ1) is 17.8. The van der Waals surface area contributed by atoms with E-state index < -0.39 is 11.6 Å². The fourth-order valence-corrected chi connectivity index (χ4v) is 2.44. The van der Waals surface area contributed by atoms with Gasteiger partial charge in [0.25, 0.3) is 5.91 Å². The number of amides is 4. The van der Waals surface area contributed by atoms with Crippen LogP contribution in [0.4, 0.5) is 10.5 Å². The van der Waals surface area contributed by atoms with Crippen LogP contribution in [-0.4, -0.2) is 48.9 Å². The molecule has 1 fully saturated rings. The van der Waals surface area contributed by atoms with Crippen LogP contribution < -0.4 is 15.5 Å². The van der Waals surface area contributed by atoms with E-state index in [4.69, 9.17) is 0 Å². The lowest BCUT2D eigenvalue weighted by Gasteiger charge is -2.16. The van der Waals surface area contributed by atoms with Crippen molar-refractivity contribution in [3.8, 4) is 0 Å². The fraction of sp³-hybridized carbons (Fsp3) is 0.471. The van der Waals surface area contributed by atoms with Crippen molar-refractivity contribution in [2.24, 2.45) is 0 Å². The molecule has 130 valence electrons. The number of rotatable bonds is 6. The number of urea groups is 1. The Bertz CT molecular complexity index is 638. The first-order valence-electron chi connectivity index (χ1n) is 7.88. The van der Waals surface area contributed by atoms with Crippen molar-refractivity contribution in [3.63, 3.8) is 0 Å². The zero-order valence-electron chi connectivity index (χ0n) is 14.5. The maximum Gasteiger partial charge on any atom is 0.325 e. The number of imide groups is 1. The first-order chi connectivity index (χ1) is 11.2. The number of hydrogen-bond donors (Lipinski definition) is 2. The highest BCUT2D eigenvalue weighted by Gasteiger charge is 2.43. The third-order valence-electron chi connectivity index (χ3n) is 3.95. The van der Waals surface area contributed by atoms with Gasteiger partial charge in [0.2, 0.25) is 5.91 Å². The van der Waals surface area contributed by atoms with E-state index in [1.54, 1.807) is 13.8 Å². The minimum Gasteiger partial charge on any atom is -0.378 e. The van der Waals surface area contributed by atoms with Crippen LogP contribution in [0.3, 0.4) is 0 Å². The second kappa shape index (κ2) is 6.90. The normalized spacial score (nSPS) is 16.1. The van der Waals surface area contributed by atoms with Crippen molar-refractivity contribution in [1.82, 2.24) is 15.5 Å². The Morgan fingerprint density at radius 1 is 1.21 bits per heavy atom. The summed E-state index contributed by atoms with van der Waals surface area (Å²) in [5.74, 6) is -0.503. The fourth-order valence-electron chi connectivity index (χ4n) is 2.44. The van der Waals surface area contributed by atoms with Crippen LogP contribution in [0.1, 0.15) is 25.8 Å². The van der Waals surface area contributed by atoms with Gasteiger partial charge in [-0.15, -0.1) is 0 Å². The highest BCUT2D eigenvalue weighted by molar-refractivity contribution is 6.06. The van der Waals surface area contributed by atoms with E-state index in [9.17, 15) is 14.4 Å². The summed E-state index contributed by atoms with van der Waals surface area (Å²) in [4.78, 5) is 38.8. The minimum absolute atomic E-state index is 0.0828. The van der Waals surface area contributed by atoms with Gasteiger partial charge in [-0.1, -0.05) is 12.1 Å². The number of benzene rings is 1. The summed E-state index contributed by atoms with van der Waals surface area (Å²) < 4.78 is 0. The van der Waals surface area contributed by atoms with Gasteiger partial charge in [0.1, 0.15) is 5.54 Å². The average Bonchev–Trinajstić information content (AvgIpc) is 2.71. The van der Waals surface area contributed by atoms with Gasteiger partial charge < -0.3 is 15.5 Å². The van der Waals surface area contributed by atoms with Crippen molar-refractivity contribution >= 4 is 23.5 Å². The monoisotopic (exact) mass is 332 g/mol. The summed E-state index contributed by atoms with van der Waals surface area (Å²) in [6.45, 7) is 3.78. The third kappa shape index (κ3) is 4.04. The van der Waals surface area contributed by atoms with Crippen LogP contribution in [0.15, 0.2) is 24.3 Å². The van der Waals surface area contributed by atoms with E-state index in [0.29, 0.717) is 6.54 Å². The maximum absolute atomic E-state index is 12.0. The predicted molar refractivity (Wildman–Crippen MR) is 91.6 cm³/mol. The lowest BCUT2D eigenvalue weighted by molar-refractivity contribution is -0.130. The predicted octanol–water partition coefficient (Wildman–Crippen LogP) is 1.09. The second-order valence-electron chi connectivity index (χ2n) is 6.60. The number of carbonyl (C=O) groups excluding carboxylic acids is 3.